The Hall–Kier alpha value is -0.970. The number of rotatable bonds is 4. The molecule has 20 heavy (non-hydrogen) atoms. The van der Waals surface area contributed by atoms with Gasteiger partial charge in [-0.05, 0) is 44.1 Å². The standard InChI is InChI=1S/C16H20BrN3/c1-20-9-3-4-13(20)11-18-10-12-6-7-15(17)14-5-2-8-19-16(12)14/h2,5-8,13,18H,3-4,9-11H2,1H3. The summed E-state index contributed by atoms with van der Waals surface area (Å²) in [5.41, 5.74) is 2.36. The van der Waals surface area contributed by atoms with Gasteiger partial charge in [-0.3, -0.25) is 4.98 Å². The molecule has 2 aromatic rings. The number of likely N-dealkylation sites (tertiary alicyclic amines) is 1. The van der Waals surface area contributed by atoms with Crippen molar-refractivity contribution in [1.29, 1.82) is 0 Å². The highest BCUT2D eigenvalue weighted by Crippen LogP contribution is 2.25. The quantitative estimate of drug-likeness (QED) is 0.931. The van der Waals surface area contributed by atoms with E-state index in [1.807, 2.05) is 12.3 Å². The summed E-state index contributed by atoms with van der Waals surface area (Å²) in [4.78, 5) is 6.98. The molecule has 0 radical (unpaired) electrons. The lowest BCUT2D eigenvalue weighted by Gasteiger charge is -2.20. The molecule has 0 saturated carbocycles. The second-order valence-electron chi connectivity index (χ2n) is 5.51. The van der Waals surface area contributed by atoms with E-state index in [-0.39, 0.29) is 0 Å². The summed E-state index contributed by atoms with van der Waals surface area (Å²) in [6.45, 7) is 3.17. The van der Waals surface area contributed by atoms with E-state index in [4.69, 9.17) is 0 Å². The molecule has 0 amide bonds. The summed E-state index contributed by atoms with van der Waals surface area (Å²) in [5, 5.41) is 4.77. The molecule has 1 aromatic carbocycles. The highest BCUT2D eigenvalue weighted by Gasteiger charge is 2.19. The molecule has 1 fully saturated rings. The maximum Gasteiger partial charge on any atom is 0.0758 e. The van der Waals surface area contributed by atoms with E-state index >= 15 is 0 Å². The predicted molar refractivity (Wildman–Crippen MR) is 86.8 cm³/mol. The molecule has 1 aliphatic rings. The first-order chi connectivity index (χ1) is 9.75. The van der Waals surface area contributed by atoms with Crippen molar-refractivity contribution in [3.63, 3.8) is 0 Å². The van der Waals surface area contributed by atoms with Gasteiger partial charge >= 0.3 is 0 Å². The van der Waals surface area contributed by atoms with Crippen molar-refractivity contribution >= 4 is 26.8 Å². The fraction of sp³-hybridized carbons (Fsp3) is 0.438. The molecule has 2 heterocycles. The lowest BCUT2D eigenvalue weighted by Crippen LogP contribution is -2.35. The number of nitrogens with one attached hydrogen (secondary N) is 1. The van der Waals surface area contributed by atoms with Gasteiger partial charge in [0.15, 0.2) is 0 Å². The van der Waals surface area contributed by atoms with Gasteiger partial charge in [0.1, 0.15) is 0 Å². The van der Waals surface area contributed by atoms with Crippen molar-refractivity contribution in [2.75, 3.05) is 20.1 Å². The average molecular weight is 334 g/mol. The Kier molecular flexibility index (Phi) is 4.34. The fourth-order valence-electron chi connectivity index (χ4n) is 2.95. The maximum atomic E-state index is 4.53. The van der Waals surface area contributed by atoms with Crippen molar-refractivity contribution in [3.05, 3.63) is 40.5 Å². The number of hydrogen-bond donors (Lipinski definition) is 1. The van der Waals surface area contributed by atoms with Crippen LogP contribution in [0.5, 0.6) is 0 Å². The van der Waals surface area contributed by atoms with Gasteiger partial charge in [-0.25, -0.2) is 0 Å². The van der Waals surface area contributed by atoms with Crippen LogP contribution in [0.2, 0.25) is 0 Å². The van der Waals surface area contributed by atoms with Crippen molar-refractivity contribution in [3.8, 4) is 0 Å². The molecule has 1 atom stereocenters. The van der Waals surface area contributed by atoms with Crippen LogP contribution in [0, 0.1) is 0 Å². The summed E-state index contributed by atoms with van der Waals surface area (Å²) in [6, 6.07) is 9.05. The zero-order valence-electron chi connectivity index (χ0n) is 11.8. The third kappa shape index (κ3) is 2.87. The molecule has 3 rings (SSSR count). The predicted octanol–water partition coefficient (Wildman–Crippen LogP) is 3.18. The largest absolute Gasteiger partial charge is 0.311 e. The van der Waals surface area contributed by atoms with Gasteiger partial charge in [0.05, 0.1) is 5.52 Å². The smallest absolute Gasteiger partial charge is 0.0758 e. The second-order valence-corrected chi connectivity index (χ2v) is 6.37. The number of hydrogen-bond acceptors (Lipinski definition) is 3. The lowest BCUT2D eigenvalue weighted by molar-refractivity contribution is 0.300. The number of pyridine rings is 1. The number of fused-ring (bicyclic) bond motifs is 1. The Bertz CT molecular complexity index is 599. The van der Waals surface area contributed by atoms with E-state index in [0.717, 1.165) is 23.1 Å². The van der Waals surface area contributed by atoms with Crippen LogP contribution in [0.1, 0.15) is 18.4 Å². The van der Waals surface area contributed by atoms with E-state index in [1.165, 1.54) is 30.3 Å². The molecule has 1 unspecified atom stereocenters. The third-order valence-corrected chi connectivity index (χ3v) is 4.86. The maximum absolute atomic E-state index is 4.53. The van der Waals surface area contributed by atoms with Crippen LogP contribution in [-0.2, 0) is 6.54 Å². The molecule has 0 bridgehead atoms. The fourth-order valence-corrected chi connectivity index (χ4v) is 3.40. The minimum atomic E-state index is 0.685. The van der Waals surface area contributed by atoms with Crippen LogP contribution in [0.25, 0.3) is 10.9 Å². The molecular formula is C16H20BrN3. The van der Waals surface area contributed by atoms with Crippen LogP contribution in [0.15, 0.2) is 34.9 Å². The molecule has 1 aliphatic heterocycles. The number of halogens is 1. The number of nitrogens with zero attached hydrogens (tertiary/aromatic N) is 2. The lowest BCUT2D eigenvalue weighted by atomic mass is 10.1. The van der Waals surface area contributed by atoms with Gasteiger partial charge in [-0.15, -0.1) is 0 Å². The van der Waals surface area contributed by atoms with Gasteiger partial charge in [0.2, 0.25) is 0 Å². The van der Waals surface area contributed by atoms with Crippen LogP contribution >= 0.6 is 15.9 Å². The SMILES string of the molecule is CN1CCCC1CNCc1ccc(Br)c2cccnc12. The molecular weight excluding hydrogens is 314 g/mol. The monoisotopic (exact) mass is 333 g/mol. The van der Waals surface area contributed by atoms with Gasteiger partial charge in [-0.1, -0.05) is 28.1 Å². The zero-order valence-corrected chi connectivity index (χ0v) is 13.4. The summed E-state index contributed by atoms with van der Waals surface area (Å²) < 4.78 is 1.11. The first-order valence-electron chi connectivity index (χ1n) is 7.19. The van der Waals surface area contributed by atoms with Crippen molar-refractivity contribution in [2.45, 2.75) is 25.4 Å². The first-order valence-corrected chi connectivity index (χ1v) is 7.98. The van der Waals surface area contributed by atoms with Crippen LogP contribution in [0.4, 0.5) is 0 Å². The Balaban J connectivity index is 1.70. The molecule has 1 N–H and O–H groups in total. The summed E-state index contributed by atoms with van der Waals surface area (Å²) in [7, 11) is 2.22. The van der Waals surface area contributed by atoms with Gasteiger partial charge in [0.25, 0.3) is 0 Å². The number of likely N-dealkylation sites (N-methyl/N-ethyl adjacent to an activating group) is 1. The molecule has 1 aromatic heterocycles. The Labute approximate surface area is 128 Å². The third-order valence-electron chi connectivity index (χ3n) is 4.17. The number of benzene rings is 1. The van der Waals surface area contributed by atoms with Crippen LogP contribution in [0.3, 0.4) is 0 Å². The summed E-state index contributed by atoms with van der Waals surface area (Å²) in [5.74, 6) is 0. The van der Waals surface area contributed by atoms with Crippen molar-refractivity contribution in [2.24, 2.45) is 0 Å². The first kappa shape index (κ1) is 14.0. The van der Waals surface area contributed by atoms with Crippen molar-refractivity contribution < 1.29 is 0 Å². The molecule has 4 heteroatoms. The second kappa shape index (κ2) is 6.20. The van der Waals surface area contributed by atoms with E-state index < -0.39 is 0 Å². The highest BCUT2D eigenvalue weighted by atomic mass is 79.9. The Morgan fingerprint density at radius 1 is 1.40 bits per heavy atom. The van der Waals surface area contributed by atoms with E-state index in [0.29, 0.717) is 6.04 Å². The normalized spacial score (nSPS) is 19.8. The van der Waals surface area contributed by atoms with Crippen LogP contribution < -0.4 is 5.32 Å². The van der Waals surface area contributed by atoms with Crippen molar-refractivity contribution in [1.82, 2.24) is 15.2 Å². The molecule has 0 spiro atoms. The van der Waals surface area contributed by atoms with Gasteiger partial charge in [-0.2, -0.15) is 0 Å². The summed E-state index contributed by atoms with van der Waals surface area (Å²) >= 11 is 3.59. The average Bonchev–Trinajstić information content (AvgIpc) is 2.87. The highest BCUT2D eigenvalue weighted by molar-refractivity contribution is 9.10. The van der Waals surface area contributed by atoms with Gasteiger partial charge in [0, 0.05) is 35.2 Å². The Morgan fingerprint density at radius 2 is 2.30 bits per heavy atom. The molecule has 106 valence electrons. The van der Waals surface area contributed by atoms with Crippen LogP contribution in [-0.4, -0.2) is 36.1 Å². The van der Waals surface area contributed by atoms with E-state index in [1.54, 1.807) is 0 Å². The van der Waals surface area contributed by atoms with E-state index in [9.17, 15) is 0 Å². The molecule has 0 aliphatic carbocycles. The number of aromatic nitrogens is 1. The van der Waals surface area contributed by atoms with E-state index in [2.05, 4.69) is 56.4 Å². The Morgan fingerprint density at radius 3 is 3.10 bits per heavy atom. The minimum Gasteiger partial charge on any atom is -0.311 e. The minimum absolute atomic E-state index is 0.685. The summed E-state index contributed by atoms with van der Waals surface area (Å²) in [6.07, 6.45) is 4.50. The topological polar surface area (TPSA) is 28.2 Å². The molecule has 3 nitrogen and oxygen atoms in total. The van der Waals surface area contributed by atoms with Gasteiger partial charge < -0.3 is 10.2 Å². The molecule has 1 saturated heterocycles. The zero-order chi connectivity index (χ0) is 13.9.